The Labute approximate surface area is 70.8 Å². The molecule has 12 heavy (non-hydrogen) atoms. The van der Waals surface area contributed by atoms with E-state index in [-0.39, 0.29) is 11.9 Å². The highest BCUT2D eigenvalue weighted by atomic mass is 16.5. The summed E-state index contributed by atoms with van der Waals surface area (Å²) in [6, 6.07) is 0. The zero-order chi connectivity index (χ0) is 8.81. The van der Waals surface area contributed by atoms with Gasteiger partial charge in [0.15, 0.2) is 0 Å². The van der Waals surface area contributed by atoms with Gasteiger partial charge in [-0.15, -0.1) is 0 Å². The predicted octanol–water partition coefficient (Wildman–Crippen LogP) is 0.647. The van der Waals surface area contributed by atoms with E-state index in [2.05, 4.69) is 0 Å². The molecule has 0 aromatic rings. The molecule has 0 atom stereocenters. The van der Waals surface area contributed by atoms with Crippen LogP contribution < -0.4 is 0 Å². The fourth-order valence-corrected chi connectivity index (χ4v) is 0.949. The van der Waals surface area contributed by atoms with Crippen LogP contribution in [0.25, 0.3) is 0 Å². The number of cyclic esters (lactones) is 2. The zero-order valence-corrected chi connectivity index (χ0v) is 6.88. The Bertz CT molecular complexity index is 140. The maximum Gasteiger partial charge on any atom is 0.305 e. The molecule has 0 radical (unpaired) electrons. The molecule has 0 aromatic heterocycles. The second-order valence-corrected chi connectivity index (χ2v) is 2.65. The van der Waals surface area contributed by atoms with Crippen LogP contribution in [0.2, 0.25) is 0 Å². The van der Waals surface area contributed by atoms with Crippen molar-refractivity contribution in [3.05, 3.63) is 0 Å². The van der Waals surface area contributed by atoms with Gasteiger partial charge in [0.2, 0.25) is 0 Å². The molecule has 0 amide bonds. The van der Waals surface area contributed by atoms with Gasteiger partial charge in [-0.25, -0.2) is 0 Å². The third-order valence-corrected chi connectivity index (χ3v) is 1.58. The van der Waals surface area contributed by atoms with Crippen molar-refractivity contribution in [2.75, 3.05) is 13.2 Å². The molecular weight excluding hydrogens is 160 g/mol. The van der Waals surface area contributed by atoms with E-state index in [1.807, 2.05) is 0 Å². The van der Waals surface area contributed by atoms with Gasteiger partial charge in [-0.1, -0.05) is 0 Å². The molecule has 1 aliphatic rings. The minimum absolute atomic E-state index is 0.201. The number of hydrogen-bond acceptors (Lipinski definition) is 4. The van der Waals surface area contributed by atoms with Gasteiger partial charge in [-0.2, -0.15) is 0 Å². The fourth-order valence-electron chi connectivity index (χ4n) is 0.949. The maximum atomic E-state index is 10.8. The van der Waals surface area contributed by atoms with Gasteiger partial charge in [0.25, 0.3) is 0 Å². The third-order valence-electron chi connectivity index (χ3n) is 1.58. The summed E-state index contributed by atoms with van der Waals surface area (Å²) in [4.78, 5) is 21.6. The molecule has 1 rings (SSSR count). The lowest BCUT2D eigenvalue weighted by molar-refractivity contribution is -0.150. The van der Waals surface area contributed by atoms with Crippen LogP contribution in [-0.2, 0) is 19.1 Å². The minimum Gasteiger partial charge on any atom is -0.466 e. The first-order valence-corrected chi connectivity index (χ1v) is 4.10. The first kappa shape index (κ1) is 9.03. The number of carbonyl (C=O) groups is 2. The van der Waals surface area contributed by atoms with Gasteiger partial charge in [0, 0.05) is 12.8 Å². The van der Waals surface area contributed by atoms with Crippen molar-refractivity contribution >= 4 is 11.9 Å². The van der Waals surface area contributed by atoms with E-state index in [4.69, 9.17) is 9.47 Å². The quantitative estimate of drug-likeness (QED) is 0.503. The number of esters is 2. The summed E-state index contributed by atoms with van der Waals surface area (Å²) in [5, 5.41) is 0. The first-order valence-electron chi connectivity index (χ1n) is 4.10. The van der Waals surface area contributed by atoms with Crippen LogP contribution in [0.4, 0.5) is 0 Å². The van der Waals surface area contributed by atoms with Crippen LogP contribution >= 0.6 is 0 Å². The summed E-state index contributed by atoms with van der Waals surface area (Å²) in [7, 11) is 0. The molecule has 0 unspecified atom stereocenters. The molecular formula is C8H12O4. The average molecular weight is 172 g/mol. The molecule has 0 aromatic carbocycles. The minimum atomic E-state index is -0.201. The van der Waals surface area contributed by atoms with E-state index in [0.29, 0.717) is 38.9 Å². The predicted molar refractivity (Wildman–Crippen MR) is 40.4 cm³/mol. The lowest BCUT2D eigenvalue weighted by Gasteiger charge is -2.08. The third kappa shape index (κ3) is 3.37. The molecule has 0 bridgehead atoms. The molecule has 68 valence electrons. The molecule has 1 fully saturated rings. The SMILES string of the molecule is O=C1CCCOC(=O)CCCO1. The first-order chi connectivity index (χ1) is 5.79. The van der Waals surface area contributed by atoms with Crippen LogP contribution in [0, 0.1) is 0 Å². The number of rotatable bonds is 0. The van der Waals surface area contributed by atoms with Crippen LogP contribution in [-0.4, -0.2) is 25.2 Å². The van der Waals surface area contributed by atoms with Crippen molar-refractivity contribution in [2.24, 2.45) is 0 Å². The van der Waals surface area contributed by atoms with Crippen LogP contribution in [0.3, 0.4) is 0 Å². The molecule has 4 heteroatoms. The Morgan fingerprint density at radius 3 is 1.67 bits per heavy atom. The van der Waals surface area contributed by atoms with Crippen LogP contribution in [0.5, 0.6) is 0 Å². The Morgan fingerprint density at radius 2 is 1.25 bits per heavy atom. The van der Waals surface area contributed by atoms with Crippen molar-refractivity contribution in [2.45, 2.75) is 25.7 Å². The standard InChI is InChI=1S/C8H12O4/c9-7-3-1-5-11-8(10)4-2-6-12-7/h1-6H2. The van der Waals surface area contributed by atoms with E-state index in [0.717, 1.165) is 0 Å². The molecule has 1 heterocycles. The fraction of sp³-hybridized carbons (Fsp3) is 0.750. The summed E-state index contributed by atoms with van der Waals surface area (Å²) < 4.78 is 9.64. The highest BCUT2D eigenvalue weighted by Gasteiger charge is 2.08. The Kier molecular flexibility index (Phi) is 3.57. The van der Waals surface area contributed by atoms with Gasteiger partial charge in [0.05, 0.1) is 13.2 Å². The lowest BCUT2D eigenvalue weighted by atomic mass is 10.3. The van der Waals surface area contributed by atoms with Crippen LogP contribution in [0.15, 0.2) is 0 Å². The highest BCUT2D eigenvalue weighted by molar-refractivity contribution is 5.71. The van der Waals surface area contributed by atoms with E-state index >= 15 is 0 Å². The van der Waals surface area contributed by atoms with E-state index in [1.165, 1.54) is 0 Å². The van der Waals surface area contributed by atoms with E-state index in [9.17, 15) is 9.59 Å². The zero-order valence-electron chi connectivity index (χ0n) is 6.88. The Balaban J connectivity index is 2.29. The average Bonchev–Trinajstić information content (AvgIpc) is 2.06. The van der Waals surface area contributed by atoms with Crippen molar-refractivity contribution in [1.82, 2.24) is 0 Å². The second-order valence-electron chi connectivity index (χ2n) is 2.65. The highest BCUT2D eigenvalue weighted by Crippen LogP contribution is 2.01. The van der Waals surface area contributed by atoms with Gasteiger partial charge < -0.3 is 9.47 Å². The normalized spacial score (nSPS) is 21.0. The topological polar surface area (TPSA) is 52.6 Å². The van der Waals surface area contributed by atoms with E-state index in [1.54, 1.807) is 0 Å². The monoisotopic (exact) mass is 172 g/mol. The summed E-state index contributed by atoms with van der Waals surface area (Å²) >= 11 is 0. The van der Waals surface area contributed by atoms with Gasteiger partial charge in [0.1, 0.15) is 0 Å². The van der Waals surface area contributed by atoms with Crippen molar-refractivity contribution in [1.29, 1.82) is 0 Å². The molecule has 0 N–H and O–H groups in total. The smallest absolute Gasteiger partial charge is 0.305 e. The van der Waals surface area contributed by atoms with Gasteiger partial charge >= 0.3 is 11.9 Å². The molecule has 0 spiro atoms. The van der Waals surface area contributed by atoms with Gasteiger partial charge in [-0.05, 0) is 12.8 Å². The molecule has 0 aliphatic carbocycles. The number of carbonyl (C=O) groups excluding carboxylic acids is 2. The second kappa shape index (κ2) is 4.74. The van der Waals surface area contributed by atoms with Crippen LogP contribution in [0.1, 0.15) is 25.7 Å². The molecule has 4 nitrogen and oxygen atoms in total. The molecule has 1 saturated heterocycles. The number of hydrogen-bond donors (Lipinski definition) is 0. The summed E-state index contributed by atoms with van der Waals surface area (Å²) in [5.74, 6) is -0.402. The lowest BCUT2D eigenvalue weighted by Crippen LogP contribution is -2.13. The summed E-state index contributed by atoms with van der Waals surface area (Å²) in [6.45, 7) is 0.655. The maximum absolute atomic E-state index is 10.8. The molecule has 1 aliphatic heterocycles. The van der Waals surface area contributed by atoms with Crippen molar-refractivity contribution in [3.8, 4) is 0 Å². The van der Waals surface area contributed by atoms with Crippen molar-refractivity contribution in [3.63, 3.8) is 0 Å². The number of ether oxygens (including phenoxy) is 2. The summed E-state index contributed by atoms with van der Waals surface area (Å²) in [5.41, 5.74) is 0. The Hall–Kier alpha value is -1.06. The van der Waals surface area contributed by atoms with E-state index < -0.39 is 0 Å². The summed E-state index contributed by atoms with van der Waals surface area (Å²) in [6.07, 6.45) is 1.80. The Morgan fingerprint density at radius 1 is 0.833 bits per heavy atom. The van der Waals surface area contributed by atoms with Crippen molar-refractivity contribution < 1.29 is 19.1 Å². The van der Waals surface area contributed by atoms with Gasteiger partial charge in [-0.3, -0.25) is 9.59 Å². The molecule has 0 saturated carbocycles. The largest absolute Gasteiger partial charge is 0.466 e.